The van der Waals surface area contributed by atoms with Gasteiger partial charge in [0.15, 0.2) is 0 Å². The fraction of sp³-hybridized carbons (Fsp3) is 0.609. The molecule has 2 aliphatic rings. The highest BCUT2D eigenvalue weighted by Crippen LogP contribution is 2.27. The Morgan fingerprint density at radius 2 is 1.90 bits per heavy atom. The van der Waals surface area contributed by atoms with Crippen molar-refractivity contribution in [2.75, 3.05) is 39.3 Å². The quantitative estimate of drug-likeness (QED) is 0.710. The monoisotopic (exact) mass is 446 g/mol. The van der Waals surface area contributed by atoms with Crippen LogP contribution in [0.5, 0.6) is 0 Å². The number of sulfonamides is 1. The Kier molecular flexibility index (Phi) is 6.99. The number of nitrogens with one attached hydrogen (secondary N) is 1. The number of fused-ring (bicyclic) bond motifs is 1. The summed E-state index contributed by atoms with van der Waals surface area (Å²) in [6.07, 6.45) is 7.19. The molecular formula is C23H34N4O3S. The summed E-state index contributed by atoms with van der Waals surface area (Å²) in [6.45, 7) is 7.35. The molecule has 2 aromatic rings. The summed E-state index contributed by atoms with van der Waals surface area (Å²) in [5.74, 6) is -0.304. The van der Waals surface area contributed by atoms with Crippen molar-refractivity contribution in [1.82, 2.24) is 19.1 Å². The second kappa shape index (κ2) is 9.71. The molecule has 1 aromatic heterocycles. The molecular weight excluding hydrogens is 412 g/mol. The van der Waals surface area contributed by atoms with E-state index in [-0.39, 0.29) is 18.4 Å². The van der Waals surface area contributed by atoms with Crippen LogP contribution in [-0.4, -0.2) is 67.4 Å². The van der Waals surface area contributed by atoms with Crippen LogP contribution in [0, 0.1) is 5.92 Å². The van der Waals surface area contributed by atoms with Gasteiger partial charge in [0.2, 0.25) is 15.9 Å². The van der Waals surface area contributed by atoms with Crippen LogP contribution >= 0.6 is 0 Å². The first kappa shape index (κ1) is 22.3. The Labute approximate surface area is 185 Å². The van der Waals surface area contributed by atoms with Gasteiger partial charge >= 0.3 is 0 Å². The van der Waals surface area contributed by atoms with Gasteiger partial charge in [-0.15, -0.1) is 0 Å². The van der Waals surface area contributed by atoms with Gasteiger partial charge in [-0.25, -0.2) is 8.42 Å². The zero-order chi connectivity index (χ0) is 21.8. The van der Waals surface area contributed by atoms with Gasteiger partial charge in [0.25, 0.3) is 0 Å². The maximum atomic E-state index is 13.3. The van der Waals surface area contributed by atoms with E-state index < -0.39 is 10.0 Å². The van der Waals surface area contributed by atoms with Crippen molar-refractivity contribution < 1.29 is 13.2 Å². The number of hydrogen-bond donors (Lipinski definition) is 1. The van der Waals surface area contributed by atoms with Gasteiger partial charge in [-0.2, -0.15) is 4.31 Å². The van der Waals surface area contributed by atoms with Gasteiger partial charge in [-0.1, -0.05) is 6.42 Å². The van der Waals surface area contributed by atoms with Crippen molar-refractivity contribution in [3.8, 4) is 0 Å². The molecule has 2 fully saturated rings. The lowest BCUT2D eigenvalue weighted by Crippen LogP contribution is -2.46. The molecule has 170 valence electrons. The Hall–Kier alpha value is -1.90. The van der Waals surface area contributed by atoms with Crippen LogP contribution in [0.2, 0.25) is 0 Å². The van der Waals surface area contributed by atoms with Crippen molar-refractivity contribution in [2.45, 2.75) is 50.5 Å². The number of aryl methyl sites for hydroxylation is 1. The predicted molar refractivity (Wildman–Crippen MR) is 122 cm³/mol. The summed E-state index contributed by atoms with van der Waals surface area (Å²) in [4.78, 5) is 15.4. The van der Waals surface area contributed by atoms with Crippen LogP contribution in [0.15, 0.2) is 35.4 Å². The highest BCUT2D eigenvalue weighted by atomic mass is 32.2. The fourth-order valence-electron chi connectivity index (χ4n) is 4.80. The molecule has 1 amide bonds. The van der Waals surface area contributed by atoms with Crippen LogP contribution in [0.3, 0.4) is 0 Å². The van der Waals surface area contributed by atoms with Crippen molar-refractivity contribution in [3.05, 3.63) is 30.5 Å². The molecule has 0 aliphatic carbocycles. The molecule has 2 aliphatic heterocycles. The van der Waals surface area contributed by atoms with Crippen LogP contribution in [-0.2, 0) is 21.4 Å². The summed E-state index contributed by atoms with van der Waals surface area (Å²) in [7, 11) is -3.62. The normalized spacial score (nSPS) is 21.4. The summed E-state index contributed by atoms with van der Waals surface area (Å²) in [5.41, 5.74) is 1.03. The third-order valence-electron chi connectivity index (χ3n) is 6.65. The number of likely N-dealkylation sites (tertiary alicyclic amines) is 1. The summed E-state index contributed by atoms with van der Waals surface area (Å²) in [5, 5.41) is 3.96. The molecule has 1 atom stereocenters. The zero-order valence-corrected chi connectivity index (χ0v) is 19.2. The van der Waals surface area contributed by atoms with Crippen LogP contribution in [0.1, 0.15) is 39.0 Å². The topological polar surface area (TPSA) is 74.6 Å². The van der Waals surface area contributed by atoms with E-state index in [0.717, 1.165) is 43.5 Å². The second-order valence-electron chi connectivity index (χ2n) is 8.72. The van der Waals surface area contributed by atoms with E-state index in [1.165, 1.54) is 23.6 Å². The first-order valence-corrected chi connectivity index (χ1v) is 13.0. The van der Waals surface area contributed by atoms with Crippen molar-refractivity contribution >= 4 is 26.8 Å². The van der Waals surface area contributed by atoms with Gasteiger partial charge in [-0.3, -0.25) is 4.79 Å². The molecule has 31 heavy (non-hydrogen) atoms. The molecule has 1 aromatic carbocycles. The smallest absolute Gasteiger partial charge is 0.243 e. The molecule has 7 nitrogen and oxygen atoms in total. The van der Waals surface area contributed by atoms with Crippen LogP contribution in [0.25, 0.3) is 10.9 Å². The molecule has 2 saturated heterocycles. The molecule has 0 unspecified atom stereocenters. The minimum atomic E-state index is -3.62. The Morgan fingerprint density at radius 3 is 2.68 bits per heavy atom. The first-order valence-electron chi connectivity index (χ1n) is 11.6. The average Bonchev–Trinajstić information content (AvgIpc) is 3.22. The van der Waals surface area contributed by atoms with E-state index in [0.29, 0.717) is 24.4 Å². The van der Waals surface area contributed by atoms with Crippen molar-refractivity contribution in [3.63, 3.8) is 0 Å². The summed E-state index contributed by atoms with van der Waals surface area (Å²) >= 11 is 0. The number of nitrogens with zero attached hydrogens (tertiary/aromatic N) is 3. The van der Waals surface area contributed by atoms with Crippen molar-refractivity contribution in [1.29, 1.82) is 0 Å². The third kappa shape index (κ3) is 4.96. The molecule has 3 heterocycles. The second-order valence-corrected chi connectivity index (χ2v) is 10.7. The van der Waals surface area contributed by atoms with E-state index in [4.69, 9.17) is 0 Å². The largest absolute Gasteiger partial charge is 0.355 e. The lowest BCUT2D eigenvalue weighted by atomic mass is 9.99. The van der Waals surface area contributed by atoms with Crippen LogP contribution < -0.4 is 5.32 Å². The molecule has 4 rings (SSSR count). The van der Waals surface area contributed by atoms with E-state index >= 15 is 0 Å². The van der Waals surface area contributed by atoms with Gasteiger partial charge in [0.1, 0.15) is 0 Å². The number of aromatic nitrogens is 1. The maximum Gasteiger partial charge on any atom is 0.243 e. The predicted octanol–water partition coefficient (Wildman–Crippen LogP) is 2.66. The first-order chi connectivity index (χ1) is 15.0. The van der Waals surface area contributed by atoms with E-state index in [1.807, 2.05) is 18.3 Å². The lowest BCUT2D eigenvalue weighted by molar-refractivity contribution is -0.126. The standard InChI is InChI=1S/C23H34N4O3S/c1-2-26-15-10-19-17-21(8-9-22(19)26)31(29,30)27-14-6-7-20(18-27)23(28)24-11-16-25-12-4-3-5-13-25/h8-10,15,17,20H,2-7,11-14,16,18H2,1H3,(H,24,28)/t20-/m0/s1. The Bertz CT molecular complexity index is 1010. The van der Waals surface area contributed by atoms with Gasteiger partial charge in [0, 0.05) is 49.8 Å². The summed E-state index contributed by atoms with van der Waals surface area (Å²) in [6, 6.07) is 7.26. The number of rotatable bonds is 7. The minimum absolute atomic E-state index is 0.0209. The number of benzene rings is 1. The molecule has 8 heteroatoms. The highest BCUT2D eigenvalue weighted by Gasteiger charge is 2.33. The molecule has 0 radical (unpaired) electrons. The number of amides is 1. The fourth-order valence-corrected chi connectivity index (χ4v) is 6.36. The maximum absolute atomic E-state index is 13.3. The van der Waals surface area contributed by atoms with Gasteiger partial charge in [0.05, 0.1) is 10.8 Å². The van der Waals surface area contributed by atoms with E-state index in [9.17, 15) is 13.2 Å². The Balaban J connectivity index is 1.38. The average molecular weight is 447 g/mol. The zero-order valence-electron chi connectivity index (χ0n) is 18.4. The van der Waals surface area contributed by atoms with Crippen LogP contribution in [0.4, 0.5) is 0 Å². The number of piperidine rings is 2. The summed E-state index contributed by atoms with van der Waals surface area (Å²) < 4.78 is 30.1. The third-order valence-corrected chi connectivity index (χ3v) is 8.51. The van der Waals surface area contributed by atoms with Crippen molar-refractivity contribution in [2.24, 2.45) is 5.92 Å². The highest BCUT2D eigenvalue weighted by molar-refractivity contribution is 7.89. The Morgan fingerprint density at radius 1 is 1.10 bits per heavy atom. The van der Waals surface area contributed by atoms with E-state index in [1.54, 1.807) is 12.1 Å². The molecule has 0 saturated carbocycles. The number of carbonyl (C=O) groups is 1. The molecule has 0 spiro atoms. The van der Waals surface area contributed by atoms with Gasteiger partial charge in [-0.05, 0) is 70.0 Å². The van der Waals surface area contributed by atoms with Gasteiger partial charge < -0.3 is 14.8 Å². The molecule has 1 N–H and O–H groups in total. The lowest BCUT2D eigenvalue weighted by Gasteiger charge is -2.31. The number of hydrogen-bond acceptors (Lipinski definition) is 4. The SMILES string of the molecule is CCn1ccc2cc(S(=O)(=O)N3CCC[C@H](C(=O)NCCN4CCCCC4)C3)ccc21. The molecule has 0 bridgehead atoms. The van der Waals surface area contributed by atoms with E-state index in [2.05, 4.69) is 21.7 Å². The minimum Gasteiger partial charge on any atom is -0.355 e. The number of carbonyl (C=O) groups excluding carboxylic acids is 1.